The van der Waals surface area contributed by atoms with Crippen LogP contribution in [-0.4, -0.2) is 24.2 Å². The Morgan fingerprint density at radius 3 is 2.27 bits per heavy atom. The van der Waals surface area contributed by atoms with E-state index >= 15 is 0 Å². The number of carbonyl (C=O) groups excluding carboxylic acids is 1. The first-order chi connectivity index (χ1) is 10.3. The van der Waals surface area contributed by atoms with Crippen molar-refractivity contribution in [3.63, 3.8) is 0 Å². The molecule has 124 valence electrons. The van der Waals surface area contributed by atoms with Crippen LogP contribution < -0.4 is 10.1 Å². The van der Waals surface area contributed by atoms with Gasteiger partial charge >= 0.3 is 0 Å². The van der Waals surface area contributed by atoms with Crippen LogP contribution in [0.4, 0.5) is 0 Å². The molecule has 22 heavy (non-hydrogen) atoms. The quantitative estimate of drug-likeness (QED) is 0.774. The Morgan fingerprint density at radius 1 is 1.18 bits per heavy atom. The predicted molar refractivity (Wildman–Crippen MR) is 88.8 cm³/mol. The van der Waals surface area contributed by atoms with Crippen LogP contribution in [0.3, 0.4) is 0 Å². The van der Waals surface area contributed by atoms with Crippen molar-refractivity contribution in [2.75, 3.05) is 7.11 Å². The molecule has 2 N–H and O–H groups in total. The molecule has 4 nitrogen and oxygen atoms in total. The highest BCUT2D eigenvalue weighted by Gasteiger charge is 2.19. The van der Waals surface area contributed by atoms with Gasteiger partial charge in [0.25, 0.3) is 0 Å². The van der Waals surface area contributed by atoms with Gasteiger partial charge < -0.3 is 15.2 Å². The average Bonchev–Trinajstić information content (AvgIpc) is 2.45. The number of carbonyl (C=O) groups is 1. The molecule has 0 aliphatic carbocycles. The van der Waals surface area contributed by atoms with E-state index in [0.29, 0.717) is 18.3 Å². The Hall–Kier alpha value is -1.55. The number of benzene rings is 1. The number of rotatable bonds is 8. The molecule has 3 unspecified atom stereocenters. The van der Waals surface area contributed by atoms with E-state index in [0.717, 1.165) is 17.7 Å². The van der Waals surface area contributed by atoms with E-state index in [1.54, 1.807) is 19.2 Å². The van der Waals surface area contributed by atoms with Crippen LogP contribution in [0.5, 0.6) is 5.75 Å². The second-order valence-corrected chi connectivity index (χ2v) is 6.51. The maximum atomic E-state index is 12.0. The summed E-state index contributed by atoms with van der Waals surface area (Å²) in [5.41, 5.74) is 0.767. The normalized spacial score (nSPS) is 15.2. The van der Waals surface area contributed by atoms with Crippen molar-refractivity contribution in [1.29, 1.82) is 0 Å². The number of aliphatic hydroxyl groups excluding tert-OH is 1. The van der Waals surface area contributed by atoms with Crippen LogP contribution in [0.25, 0.3) is 0 Å². The molecule has 1 rings (SSSR count). The molecule has 0 bridgehead atoms. The van der Waals surface area contributed by atoms with Crippen LogP contribution in [0.1, 0.15) is 52.2 Å². The molecule has 0 heterocycles. The summed E-state index contributed by atoms with van der Waals surface area (Å²) in [4.78, 5) is 12.0. The van der Waals surface area contributed by atoms with E-state index in [2.05, 4.69) is 26.1 Å². The monoisotopic (exact) mass is 307 g/mol. The second kappa shape index (κ2) is 8.79. The Kier molecular flexibility index (Phi) is 7.39. The van der Waals surface area contributed by atoms with Crippen molar-refractivity contribution in [2.24, 2.45) is 11.8 Å². The average molecular weight is 307 g/mol. The zero-order chi connectivity index (χ0) is 16.7. The molecule has 4 heteroatoms. The fourth-order valence-electron chi connectivity index (χ4n) is 2.69. The van der Waals surface area contributed by atoms with Gasteiger partial charge in [0, 0.05) is 6.42 Å². The lowest BCUT2D eigenvalue weighted by Crippen LogP contribution is -2.37. The highest BCUT2D eigenvalue weighted by molar-refractivity contribution is 5.76. The van der Waals surface area contributed by atoms with Gasteiger partial charge in [-0.25, -0.2) is 0 Å². The number of hydrogen-bond acceptors (Lipinski definition) is 3. The number of amides is 1. The van der Waals surface area contributed by atoms with Gasteiger partial charge in [-0.2, -0.15) is 0 Å². The van der Waals surface area contributed by atoms with Crippen molar-refractivity contribution in [1.82, 2.24) is 5.32 Å². The molecule has 0 aliphatic heterocycles. The standard InChI is InChI=1S/C18H29NO3/c1-12(2)10-13(3)11-17(20)19-14(4)18(21)15-6-8-16(22-5)9-7-15/h6-9,12-14,18,21H,10-11H2,1-5H3,(H,19,20). The molecular weight excluding hydrogens is 278 g/mol. The fourth-order valence-corrected chi connectivity index (χ4v) is 2.69. The van der Waals surface area contributed by atoms with E-state index in [-0.39, 0.29) is 11.9 Å². The molecular formula is C18H29NO3. The predicted octanol–water partition coefficient (Wildman–Crippen LogP) is 3.31. The maximum absolute atomic E-state index is 12.0. The highest BCUT2D eigenvalue weighted by atomic mass is 16.5. The van der Waals surface area contributed by atoms with E-state index in [9.17, 15) is 9.90 Å². The molecule has 0 aliphatic rings. The Labute approximate surface area is 133 Å². The topological polar surface area (TPSA) is 58.6 Å². The third kappa shape index (κ3) is 6.06. The van der Waals surface area contributed by atoms with Crippen molar-refractivity contribution < 1.29 is 14.6 Å². The van der Waals surface area contributed by atoms with Crippen LogP contribution in [0.2, 0.25) is 0 Å². The smallest absolute Gasteiger partial charge is 0.220 e. The molecule has 3 atom stereocenters. The summed E-state index contributed by atoms with van der Waals surface area (Å²) in [7, 11) is 1.60. The van der Waals surface area contributed by atoms with Crippen LogP contribution in [-0.2, 0) is 4.79 Å². The molecule has 0 saturated heterocycles. The summed E-state index contributed by atoms with van der Waals surface area (Å²) < 4.78 is 5.10. The molecule has 0 radical (unpaired) electrons. The third-order valence-electron chi connectivity index (χ3n) is 3.73. The van der Waals surface area contributed by atoms with Gasteiger partial charge in [0.1, 0.15) is 5.75 Å². The first kappa shape index (κ1) is 18.5. The minimum Gasteiger partial charge on any atom is -0.497 e. The van der Waals surface area contributed by atoms with Crippen LogP contribution in [0.15, 0.2) is 24.3 Å². The van der Waals surface area contributed by atoms with Gasteiger partial charge in [0.2, 0.25) is 5.91 Å². The van der Waals surface area contributed by atoms with Gasteiger partial charge in [-0.05, 0) is 42.9 Å². The first-order valence-corrected chi connectivity index (χ1v) is 7.94. The Bertz CT molecular complexity index is 456. The zero-order valence-electron chi connectivity index (χ0n) is 14.3. The minimum atomic E-state index is -0.727. The molecule has 0 spiro atoms. The van der Waals surface area contributed by atoms with Gasteiger partial charge in [-0.15, -0.1) is 0 Å². The summed E-state index contributed by atoms with van der Waals surface area (Å²) in [6, 6.07) is 6.91. The summed E-state index contributed by atoms with van der Waals surface area (Å²) in [6.07, 6.45) is 0.802. The largest absolute Gasteiger partial charge is 0.497 e. The third-order valence-corrected chi connectivity index (χ3v) is 3.73. The lowest BCUT2D eigenvalue weighted by atomic mass is 9.95. The van der Waals surface area contributed by atoms with Gasteiger partial charge in [-0.1, -0.05) is 32.9 Å². The first-order valence-electron chi connectivity index (χ1n) is 7.94. The lowest BCUT2D eigenvalue weighted by molar-refractivity contribution is -0.123. The van der Waals surface area contributed by atoms with E-state index in [1.165, 1.54) is 0 Å². The number of aliphatic hydroxyl groups is 1. The van der Waals surface area contributed by atoms with Gasteiger partial charge in [0.05, 0.1) is 19.3 Å². The number of hydrogen-bond donors (Lipinski definition) is 2. The zero-order valence-corrected chi connectivity index (χ0v) is 14.3. The second-order valence-electron chi connectivity index (χ2n) is 6.51. The van der Waals surface area contributed by atoms with E-state index in [4.69, 9.17) is 4.74 Å². The van der Waals surface area contributed by atoms with Gasteiger partial charge in [0.15, 0.2) is 0 Å². The maximum Gasteiger partial charge on any atom is 0.220 e. The lowest BCUT2D eigenvalue weighted by Gasteiger charge is -2.22. The molecule has 1 amide bonds. The molecule has 1 aromatic carbocycles. The Morgan fingerprint density at radius 2 is 1.77 bits per heavy atom. The molecule has 0 fully saturated rings. The number of methoxy groups -OCH3 is 1. The van der Waals surface area contributed by atoms with Crippen molar-refractivity contribution in [2.45, 2.75) is 52.7 Å². The SMILES string of the molecule is COc1ccc(C(O)C(C)NC(=O)CC(C)CC(C)C)cc1. The molecule has 1 aromatic rings. The summed E-state index contributed by atoms with van der Waals surface area (Å²) >= 11 is 0. The van der Waals surface area contributed by atoms with Crippen LogP contribution >= 0.6 is 0 Å². The molecule has 0 aromatic heterocycles. The molecule has 0 saturated carbocycles. The number of nitrogens with one attached hydrogen (secondary N) is 1. The van der Waals surface area contributed by atoms with E-state index in [1.807, 2.05) is 19.1 Å². The fraction of sp³-hybridized carbons (Fsp3) is 0.611. The van der Waals surface area contributed by atoms with Crippen molar-refractivity contribution >= 4 is 5.91 Å². The summed E-state index contributed by atoms with van der Waals surface area (Å²) in [6.45, 7) is 8.22. The summed E-state index contributed by atoms with van der Waals surface area (Å²) in [5, 5.41) is 13.2. The van der Waals surface area contributed by atoms with Crippen molar-refractivity contribution in [3.8, 4) is 5.75 Å². The number of ether oxygens (including phenoxy) is 1. The summed E-state index contributed by atoms with van der Waals surface area (Å²) in [5.74, 6) is 1.68. The van der Waals surface area contributed by atoms with Crippen molar-refractivity contribution in [3.05, 3.63) is 29.8 Å². The Balaban J connectivity index is 2.52. The minimum absolute atomic E-state index is 0.00629. The highest BCUT2D eigenvalue weighted by Crippen LogP contribution is 2.21. The van der Waals surface area contributed by atoms with E-state index < -0.39 is 6.10 Å². The van der Waals surface area contributed by atoms with Crippen LogP contribution in [0, 0.1) is 11.8 Å². The van der Waals surface area contributed by atoms with Gasteiger partial charge in [-0.3, -0.25) is 4.79 Å².